The number of imidazole rings is 1. The highest BCUT2D eigenvalue weighted by Crippen LogP contribution is 2.42. The number of amides is 2. The number of H-pyrrole nitrogens is 1. The van der Waals surface area contributed by atoms with Crippen molar-refractivity contribution in [3.63, 3.8) is 0 Å². The Morgan fingerprint density at radius 3 is 2.63 bits per heavy atom. The van der Waals surface area contributed by atoms with E-state index in [0.29, 0.717) is 18.5 Å². The highest BCUT2D eigenvalue weighted by Gasteiger charge is 2.58. The van der Waals surface area contributed by atoms with Gasteiger partial charge in [-0.3, -0.25) is 30.3 Å². The van der Waals surface area contributed by atoms with Gasteiger partial charge in [-0.1, -0.05) is 0 Å². The Morgan fingerprint density at radius 1 is 1.37 bits per heavy atom. The topological polar surface area (TPSA) is 164 Å². The lowest BCUT2D eigenvalue weighted by atomic mass is 10.0. The third kappa shape index (κ3) is 3.68. The molecule has 1 unspecified atom stereocenters. The molecule has 1 saturated carbocycles. The van der Waals surface area contributed by atoms with Gasteiger partial charge in [-0.05, 0) is 12.8 Å². The van der Waals surface area contributed by atoms with Crippen LogP contribution >= 0.6 is 11.8 Å². The van der Waals surface area contributed by atoms with Crippen molar-refractivity contribution >= 4 is 35.1 Å². The second kappa shape index (κ2) is 7.89. The summed E-state index contributed by atoms with van der Waals surface area (Å²) in [7, 11) is 0. The lowest BCUT2D eigenvalue weighted by Crippen LogP contribution is -2.63. The molecule has 27 heavy (non-hydrogen) atoms. The molecule has 1 aliphatic heterocycles. The van der Waals surface area contributed by atoms with Gasteiger partial charge >= 0.3 is 0 Å². The van der Waals surface area contributed by atoms with E-state index in [4.69, 9.17) is 11.6 Å². The molecule has 10 nitrogen and oxygen atoms in total. The fourth-order valence-corrected chi connectivity index (χ4v) is 4.83. The number of hydrazine groups is 1. The van der Waals surface area contributed by atoms with Gasteiger partial charge in [0.15, 0.2) is 16.4 Å². The second-order valence-electron chi connectivity index (χ2n) is 6.67. The van der Waals surface area contributed by atoms with Crippen molar-refractivity contribution in [2.75, 3.05) is 5.75 Å². The van der Waals surface area contributed by atoms with Crippen molar-refractivity contribution < 1.29 is 19.2 Å². The normalized spacial score (nSPS) is 24.0. The van der Waals surface area contributed by atoms with Crippen LogP contribution < -0.4 is 16.9 Å². The van der Waals surface area contributed by atoms with Crippen LogP contribution in [0.15, 0.2) is 12.5 Å². The van der Waals surface area contributed by atoms with Crippen LogP contribution in [-0.4, -0.2) is 61.1 Å². The molecule has 146 valence electrons. The third-order valence-electron chi connectivity index (χ3n) is 4.84. The summed E-state index contributed by atoms with van der Waals surface area (Å²) in [5.74, 6) is 4.30. The van der Waals surface area contributed by atoms with E-state index in [1.807, 2.05) is 0 Å². The van der Waals surface area contributed by atoms with Crippen molar-refractivity contribution in [2.45, 2.75) is 49.1 Å². The molecular weight excluding hydrogens is 372 g/mol. The number of nitrogens with one attached hydrogen (secondary N) is 2. The minimum atomic E-state index is -1.53. The summed E-state index contributed by atoms with van der Waals surface area (Å²) in [6.07, 6.45) is 4.93. The van der Waals surface area contributed by atoms with Gasteiger partial charge in [-0.2, -0.15) is 0 Å². The number of carbonyl (C=O) groups excluding carboxylic acids is 4. The Bertz CT molecular complexity index is 734. The monoisotopic (exact) mass is 394 g/mol. The summed E-state index contributed by atoms with van der Waals surface area (Å²) >= 11 is 1.06. The number of rotatable bonds is 4. The van der Waals surface area contributed by atoms with Gasteiger partial charge in [-0.25, -0.2) is 9.99 Å². The van der Waals surface area contributed by atoms with Gasteiger partial charge in [0.05, 0.1) is 12.4 Å². The van der Waals surface area contributed by atoms with Crippen LogP contribution in [0.25, 0.3) is 0 Å². The van der Waals surface area contributed by atoms with Crippen LogP contribution in [0.4, 0.5) is 0 Å². The highest BCUT2D eigenvalue weighted by atomic mass is 32.2. The number of hydrogen-bond acceptors (Lipinski definition) is 9. The van der Waals surface area contributed by atoms with Crippen LogP contribution in [0.2, 0.25) is 0 Å². The average molecular weight is 394 g/mol. The maximum absolute atomic E-state index is 12.5. The fraction of sp³-hybridized carbons (Fsp3) is 0.562. The van der Waals surface area contributed by atoms with Gasteiger partial charge in [-0.15, -0.1) is 11.8 Å². The first kappa shape index (κ1) is 19.7. The quantitative estimate of drug-likeness (QED) is 0.356. The summed E-state index contributed by atoms with van der Waals surface area (Å²) in [5.41, 5.74) is 6.48. The molecule has 2 aliphatic rings. The number of nitrogens with two attached hydrogens (primary N) is 2. The lowest BCUT2D eigenvalue weighted by Gasteiger charge is -2.32. The molecule has 2 fully saturated rings. The predicted octanol–water partition coefficient (Wildman–Crippen LogP) is -1.38. The Balaban J connectivity index is 1.66. The highest BCUT2D eigenvalue weighted by molar-refractivity contribution is 8.02. The van der Waals surface area contributed by atoms with E-state index in [-0.39, 0.29) is 36.6 Å². The van der Waals surface area contributed by atoms with Gasteiger partial charge in [0, 0.05) is 36.9 Å². The van der Waals surface area contributed by atoms with Crippen molar-refractivity contribution in [3.8, 4) is 0 Å². The average Bonchev–Trinajstić information content (AvgIpc) is 3.22. The largest absolute Gasteiger partial charge is 0.348 e. The minimum absolute atomic E-state index is 0.142. The maximum atomic E-state index is 12.5. The molecule has 0 bridgehead atoms. The minimum Gasteiger partial charge on any atom is -0.348 e. The molecule has 6 N–H and O–H groups in total. The Kier molecular flexibility index (Phi) is 5.75. The number of aromatic amines is 1. The molecule has 11 heteroatoms. The SMILES string of the molecule is N[C@@H](Cc1cnc[nH]1)C(=O)NC(=O)C1CSC2(C(=O)CCCCC2=O)N1N. The van der Waals surface area contributed by atoms with E-state index in [2.05, 4.69) is 15.3 Å². The van der Waals surface area contributed by atoms with Crippen LogP contribution in [0.5, 0.6) is 0 Å². The molecule has 2 atom stereocenters. The predicted molar refractivity (Wildman–Crippen MR) is 96.9 cm³/mol. The molecule has 0 aromatic carbocycles. The first-order valence-corrected chi connectivity index (χ1v) is 9.67. The molecule has 2 heterocycles. The Hall–Kier alpha value is -2.08. The molecular formula is C16H22N6O4S. The van der Waals surface area contributed by atoms with Gasteiger partial charge in [0.25, 0.3) is 0 Å². The maximum Gasteiger partial charge on any atom is 0.246 e. The van der Waals surface area contributed by atoms with Crippen molar-refractivity contribution in [2.24, 2.45) is 11.6 Å². The number of carbonyl (C=O) groups is 4. The smallest absolute Gasteiger partial charge is 0.246 e. The van der Waals surface area contributed by atoms with E-state index in [0.717, 1.165) is 16.8 Å². The number of thioether (sulfide) groups is 1. The number of ketones is 2. The molecule has 2 amide bonds. The second-order valence-corrected chi connectivity index (χ2v) is 7.89. The van der Waals surface area contributed by atoms with Gasteiger partial charge < -0.3 is 10.7 Å². The van der Waals surface area contributed by atoms with Gasteiger partial charge in [0.1, 0.15) is 6.04 Å². The third-order valence-corrected chi connectivity index (χ3v) is 6.41. The zero-order chi connectivity index (χ0) is 19.6. The molecule has 1 saturated heterocycles. The molecule has 1 aromatic rings. The first-order valence-electron chi connectivity index (χ1n) is 8.68. The summed E-state index contributed by atoms with van der Waals surface area (Å²) in [6.45, 7) is 0. The van der Waals surface area contributed by atoms with E-state index in [9.17, 15) is 19.2 Å². The molecule has 1 aliphatic carbocycles. The summed E-state index contributed by atoms with van der Waals surface area (Å²) < 4.78 is 0. The summed E-state index contributed by atoms with van der Waals surface area (Å²) in [5, 5.41) is 3.26. The Labute approximate surface area is 159 Å². The zero-order valence-corrected chi connectivity index (χ0v) is 15.5. The van der Waals surface area contributed by atoms with E-state index in [1.165, 1.54) is 12.5 Å². The number of Topliss-reactive ketones (excluding diaryl/α,β-unsaturated/α-hetero) is 2. The fourth-order valence-electron chi connectivity index (χ4n) is 3.31. The van der Waals surface area contributed by atoms with Crippen LogP contribution in [0, 0.1) is 0 Å². The molecule has 0 radical (unpaired) electrons. The lowest BCUT2D eigenvalue weighted by molar-refractivity contribution is -0.139. The van der Waals surface area contributed by atoms with Crippen LogP contribution in [0.1, 0.15) is 31.4 Å². The number of imide groups is 1. The van der Waals surface area contributed by atoms with Crippen LogP contribution in [0.3, 0.4) is 0 Å². The van der Waals surface area contributed by atoms with Crippen molar-refractivity contribution in [1.82, 2.24) is 20.3 Å². The number of hydrogen-bond donors (Lipinski definition) is 4. The van der Waals surface area contributed by atoms with E-state index >= 15 is 0 Å². The summed E-state index contributed by atoms with van der Waals surface area (Å²) in [6, 6.07) is -1.92. The number of aromatic nitrogens is 2. The number of nitrogens with zero attached hydrogens (tertiary/aromatic N) is 2. The van der Waals surface area contributed by atoms with Crippen molar-refractivity contribution in [3.05, 3.63) is 18.2 Å². The molecule has 3 rings (SSSR count). The van der Waals surface area contributed by atoms with E-state index < -0.39 is 28.8 Å². The standard InChI is InChI=1S/C16H22N6O4S/c17-10(5-9-6-19-8-20-9)14(25)21-15(26)11-7-27-16(22(11)18)12(23)3-1-2-4-13(16)24/h6,8,10-11H,1-5,7,17-18H2,(H,19,20)(H,21,25,26)/t10-,11?/m0/s1. The zero-order valence-electron chi connectivity index (χ0n) is 14.6. The Morgan fingerprint density at radius 2 is 2.04 bits per heavy atom. The molecule has 1 aromatic heterocycles. The van der Waals surface area contributed by atoms with Crippen molar-refractivity contribution in [1.29, 1.82) is 0 Å². The molecule has 1 spiro atoms. The van der Waals surface area contributed by atoms with Gasteiger partial charge in [0.2, 0.25) is 11.8 Å². The van der Waals surface area contributed by atoms with Crippen LogP contribution in [-0.2, 0) is 25.6 Å². The van der Waals surface area contributed by atoms with E-state index in [1.54, 1.807) is 0 Å². The summed E-state index contributed by atoms with van der Waals surface area (Å²) in [4.78, 5) is 55.0. The first-order chi connectivity index (χ1) is 12.9.